The number of methoxy groups -OCH3 is 3. The molecule has 0 radical (unpaired) electrons. The smallest absolute Gasteiger partial charge is 0.339 e. The number of carbonyl (C=O) groups is 4. The Morgan fingerprint density at radius 2 is 1.04 bits per heavy atom. The van der Waals surface area contributed by atoms with Crippen LogP contribution in [-0.4, -0.2) is 45.2 Å². The molecule has 2 aromatic carbocycles. The number of ether oxygens (including phenoxy) is 4. The number of benzene rings is 2. The Balaban J connectivity index is 2.50. The molecule has 0 aliphatic rings. The van der Waals surface area contributed by atoms with E-state index in [1.807, 2.05) is 6.07 Å². The third-order valence-electron chi connectivity index (χ3n) is 3.81. The molecule has 2 aromatic rings. The predicted molar refractivity (Wildman–Crippen MR) is 96.0 cm³/mol. The Labute approximate surface area is 161 Å². The average molecular weight is 386 g/mol. The summed E-state index contributed by atoms with van der Waals surface area (Å²) in [7, 11) is 3.35. The van der Waals surface area contributed by atoms with Crippen LogP contribution >= 0.6 is 0 Å². The summed E-state index contributed by atoms with van der Waals surface area (Å²) in [4.78, 5) is 48.8. The van der Waals surface area contributed by atoms with Gasteiger partial charge in [0.1, 0.15) is 6.61 Å². The molecule has 28 heavy (non-hydrogen) atoms. The molecule has 0 bridgehead atoms. The molecule has 8 heteroatoms. The second kappa shape index (κ2) is 9.31. The topological polar surface area (TPSA) is 105 Å². The van der Waals surface area contributed by atoms with Crippen LogP contribution in [-0.2, 0) is 25.6 Å². The van der Waals surface area contributed by atoms with Crippen molar-refractivity contribution in [2.75, 3.05) is 21.3 Å². The van der Waals surface area contributed by atoms with Crippen molar-refractivity contribution in [3.8, 4) is 0 Å². The fraction of sp³-hybridized carbons (Fsp3) is 0.200. The number of rotatable bonds is 6. The molecule has 0 aromatic heterocycles. The third kappa shape index (κ3) is 4.53. The minimum Gasteiger partial charge on any atom is -0.465 e. The summed E-state index contributed by atoms with van der Waals surface area (Å²) >= 11 is 0. The molecule has 8 nitrogen and oxygen atoms in total. The molecule has 146 valence electrons. The first kappa shape index (κ1) is 20.6. The Bertz CT molecular complexity index is 902. The molecular formula is C20H18O8. The molecule has 0 amide bonds. The van der Waals surface area contributed by atoms with Crippen LogP contribution in [0.3, 0.4) is 0 Å². The summed E-state index contributed by atoms with van der Waals surface area (Å²) in [6.07, 6.45) is 0. The highest BCUT2D eigenvalue weighted by molar-refractivity contribution is 6.10. The molecule has 0 saturated carbocycles. The number of esters is 4. The zero-order chi connectivity index (χ0) is 20.7. The van der Waals surface area contributed by atoms with Crippen LogP contribution in [0.25, 0.3) is 0 Å². The number of hydrogen-bond donors (Lipinski definition) is 0. The zero-order valence-electron chi connectivity index (χ0n) is 15.5. The molecule has 0 heterocycles. The van der Waals surface area contributed by atoms with E-state index < -0.39 is 23.9 Å². The lowest BCUT2D eigenvalue weighted by atomic mass is 9.98. The summed E-state index contributed by atoms with van der Waals surface area (Å²) < 4.78 is 19.2. The largest absolute Gasteiger partial charge is 0.465 e. The molecule has 0 aliphatic heterocycles. The van der Waals surface area contributed by atoms with Crippen LogP contribution < -0.4 is 0 Å². The van der Waals surface area contributed by atoms with E-state index in [4.69, 9.17) is 4.74 Å². The van der Waals surface area contributed by atoms with Crippen LogP contribution in [0.15, 0.2) is 42.5 Å². The lowest BCUT2D eigenvalue weighted by Gasteiger charge is -2.13. The summed E-state index contributed by atoms with van der Waals surface area (Å²) in [5.74, 6) is -3.51. The van der Waals surface area contributed by atoms with Crippen LogP contribution in [0, 0.1) is 0 Å². The van der Waals surface area contributed by atoms with Gasteiger partial charge in [-0.2, -0.15) is 0 Å². The fourth-order valence-corrected chi connectivity index (χ4v) is 2.41. The van der Waals surface area contributed by atoms with Gasteiger partial charge in [-0.15, -0.1) is 0 Å². The van der Waals surface area contributed by atoms with E-state index in [0.29, 0.717) is 0 Å². The quantitative estimate of drug-likeness (QED) is 0.550. The molecule has 0 fully saturated rings. The van der Waals surface area contributed by atoms with E-state index in [1.54, 1.807) is 24.3 Å². The molecule has 2 rings (SSSR count). The minimum atomic E-state index is -0.881. The van der Waals surface area contributed by atoms with Gasteiger partial charge >= 0.3 is 23.9 Å². The molecule has 0 saturated heterocycles. The van der Waals surface area contributed by atoms with Crippen molar-refractivity contribution in [2.24, 2.45) is 0 Å². The van der Waals surface area contributed by atoms with Gasteiger partial charge in [-0.05, 0) is 17.7 Å². The molecule has 0 spiro atoms. The van der Waals surface area contributed by atoms with Crippen molar-refractivity contribution >= 4 is 23.9 Å². The standard InChI is InChI=1S/C20H18O8/c1-25-17(21)13-9-15(19(23)27-3)16(10-14(13)18(22)26-2)20(24)28-11-12-7-5-4-6-8-12/h4-10H,11H2,1-3H3. The highest BCUT2D eigenvalue weighted by atomic mass is 16.5. The second-order valence-corrected chi connectivity index (χ2v) is 5.48. The van der Waals surface area contributed by atoms with E-state index in [1.165, 1.54) is 0 Å². The zero-order valence-corrected chi connectivity index (χ0v) is 15.5. The minimum absolute atomic E-state index is 0.0490. The summed E-state index contributed by atoms with van der Waals surface area (Å²) in [6.45, 7) is -0.0490. The van der Waals surface area contributed by atoms with Crippen molar-refractivity contribution in [3.63, 3.8) is 0 Å². The van der Waals surface area contributed by atoms with Gasteiger partial charge in [-0.3, -0.25) is 0 Å². The van der Waals surface area contributed by atoms with Gasteiger partial charge in [-0.1, -0.05) is 30.3 Å². The SMILES string of the molecule is COC(=O)c1cc(C(=O)OC)c(C(=O)OCc2ccccc2)cc1C(=O)OC. The average Bonchev–Trinajstić information content (AvgIpc) is 2.75. The second-order valence-electron chi connectivity index (χ2n) is 5.48. The van der Waals surface area contributed by atoms with Gasteiger partial charge in [-0.25, -0.2) is 19.2 Å². The maximum atomic E-state index is 12.6. The number of carbonyl (C=O) groups excluding carboxylic acids is 4. The lowest BCUT2D eigenvalue weighted by Crippen LogP contribution is -2.19. The molecule has 0 unspecified atom stereocenters. The van der Waals surface area contributed by atoms with E-state index in [2.05, 4.69) is 14.2 Å². The molecule has 0 aliphatic carbocycles. The monoisotopic (exact) mass is 386 g/mol. The van der Waals surface area contributed by atoms with Crippen LogP contribution in [0.1, 0.15) is 47.0 Å². The van der Waals surface area contributed by atoms with Crippen molar-refractivity contribution in [1.82, 2.24) is 0 Å². The van der Waals surface area contributed by atoms with E-state index in [9.17, 15) is 19.2 Å². The lowest BCUT2D eigenvalue weighted by molar-refractivity contribution is 0.0455. The van der Waals surface area contributed by atoms with Gasteiger partial charge in [0.05, 0.1) is 43.6 Å². The fourth-order valence-electron chi connectivity index (χ4n) is 2.41. The van der Waals surface area contributed by atoms with Gasteiger partial charge in [0, 0.05) is 0 Å². The Kier molecular flexibility index (Phi) is 6.86. The first-order chi connectivity index (χ1) is 13.4. The maximum Gasteiger partial charge on any atom is 0.339 e. The van der Waals surface area contributed by atoms with Gasteiger partial charge in [0.2, 0.25) is 0 Å². The molecule has 0 N–H and O–H groups in total. The summed E-state index contributed by atoms with van der Waals surface area (Å²) in [6, 6.07) is 11.0. The molecular weight excluding hydrogens is 368 g/mol. The summed E-state index contributed by atoms with van der Waals surface area (Å²) in [5, 5.41) is 0. The first-order valence-corrected chi connectivity index (χ1v) is 8.07. The van der Waals surface area contributed by atoms with E-state index in [-0.39, 0.29) is 28.9 Å². The van der Waals surface area contributed by atoms with Crippen molar-refractivity contribution in [1.29, 1.82) is 0 Å². The van der Waals surface area contributed by atoms with Crippen molar-refractivity contribution in [3.05, 3.63) is 70.3 Å². The Hall–Kier alpha value is -3.68. The first-order valence-electron chi connectivity index (χ1n) is 8.07. The maximum absolute atomic E-state index is 12.6. The van der Waals surface area contributed by atoms with Crippen molar-refractivity contribution < 1.29 is 38.1 Å². The van der Waals surface area contributed by atoms with Crippen molar-refractivity contribution in [2.45, 2.75) is 6.61 Å². The molecule has 0 atom stereocenters. The third-order valence-corrected chi connectivity index (χ3v) is 3.81. The number of hydrogen-bond acceptors (Lipinski definition) is 8. The predicted octanol–water partition coefficient (Wildman–Crippen LogP) is 2.40. The van der Waals surface area contributed by atoms with Gasteiger partial charge in [0.15, 0.2) is 0 Å². The van der Waals surface area contributed by atoms with Gasteiger partial charge in [0.25, 0.3) is 0 Å². The van der Waals surface area contributed by atoms with E-state index >= 15 is 0 Å². The van der Waals surface area contributed by atoms with Crippen LogP contribution in [0.2, 0.25) is 0 Å². The summed E-state index contributed by atoms with van der Waals surface area (Å²) in [5.41, 5.74) is -0.234. The normalized spacial score (nSPS) is 9.96. The van der Waals surface area contributed by atoms with Gasteiger partial charge < -0.3 is 18.9 Å². The van der Waals surface area contributed by atoms with E-state index in [0.717, 1.165) is 39.0 Å². The van der Waals surface area contributed by atoms with Crippen LogP contribution in [0.4, 0.5) is 0 Å². The highest BCUT2D eigenvalue weighted by Crippen LogP contribution is 2.22. The van der Waals surface area contributed by atoms with Crippen LogP contribution in [0.5, 0.6) is 0 Å². The Morgan fingerprint density at radius 1 is 0.643 bits per heavy atom. The highest BCUT2D eigenvalue weighted by Gasteiger charge is 2.27. The Morgan fingerprint density at radius 3 is 1.43 bits per heavy atom.